The van der Waals surface area contributed by atoms with E-state index in [0.29, 0.717) is 6.42 Å². The topological polar surface area (TPSA) is 307 Å². The Labute approximate surface area is 486 Å². The minimum Gasteiger partial charge on any atom is -0.394 e. The van der Waals surface area contributed by atoms with E-state index in [1.807, 2.05) is 6.08 Å². The number of ether oxygens (including phenoxy) is 6. The molecule has 3 aliphatic rings. The van der Waals surface area contributed by atoms with Crippen LogP contribution in [0.4, 0.5) is 0 Å². The first-order valence-electron chi connectivity index (χ1n) is 32.1. The van der Waals surface area contributed by atoms with Gasteiger partial charge in [0.25, 0.3) is 0 Å². The Hall–Kier alpha value is -1.73. The number of carbonyl (C=O) groups excluding carboxylic acids is 1. The van der Waals surface area contributed by atoms with Crippen molar-refractivity contribution in [2.75, 3.05) is 26.4 Å². The van der Waals surface area contributed by atoms with Crippen molar-refractivity contribution in [1.29, 1.82) is 0 Å². The number of nitrogens with one attached hydrogen (secondary N) is 1. The summed E-state index contributed by atoms with van der Waals surface area (Å²) >= 11 is 0. The Morgan fingerprint density at radius 3 is 1.20 bits per heavy atom. The molecule has 1 amide bonds. The van der Waals surface area contributed by atoms with Crippen LogP contribution in [-0.2, 0) is 33.2 Å². The van der Waals surface area contributed by atoms with Gasteiger partial charge in [-0.05, 0) is 44.9 Å². The van der Waals surface area contributed by atoms with Gasteiger partial charge in [0, 0.05) is 6.42 Å². The number of hydrogen-bond acceptors (Lipinski definition) is 18. The molecule has 0 aromatic carbocycles. The third-order valence-electron chi connectivity index (χ3n) is 16.2. The van der Waals surface area contributed by atoms with E-state index in [2.05, 4.69) is 31.3 Å². The standard InChI is InChI=1S/C62H115NO18/c1-3-5-7-9-11-13-15-17-18-19-20-21-22-23-24-25-26-28-30-32-34-36-38-40-50(68)63-45(46(67)39-37-35-33-31-29-27-16-14-12-10-8-6-4-2)44-76-60-56(74)53(71)58(48(42-65)78-60)81-62-57(75)54(72)59(49(43-66)79-62)80-61-55(73)52(70)51(69)47(41-64)77-61/h17-18,37,39,45-49,51-62,64-67,69-75H,3-16,19-36,38,40-44H2,1-2H3,(H,63,68)/b18-17+,39-37+. The summed E-state index contributed by atoms with van der Waals surface area (Å²) in [5, 5.41) is 120. The Morgan fingerprint density at radius 1 is 0.432 bits per heavy atom. The molecule has 0 aromatic heterocycles. The maximum Gasteiger partial charge on any atom is 0.220 e. The lowest BCUT2D eigenvalue weighted by Gasteiger charge is -2.48. The van der Waals surface area contributed by atoms with Crippen LogP contribution in [0.1, 0.15) is 232 Å². The molecule has 17 unspecified atom stereocenters. The minimum absolute atomic E-state index is 0.246. The summed E-state index contributed by atoms with van der Waals surface area (Å²) < 4.78 is 34.3. The summed E-state index contributed by atoms with van der Waals surface area (Å²) in [5.74, 6) is -0.275. The third-order valence-corrected chi connectivity index (χ3v) is 16.2. The zero-order valence-corrected chi connectivity index (χ0v) is 49.8. The van der Waals surface area contributed by atoms with Crippen LogP contribution in [0.5, 0.6) is 0 Å². The van der Waals surface area contributed by atoms with Crippen molar-refractivity contribution in [1.82, 2.24) is 5.32 Å². The molecule has 0 spiro atoms. The van der Waals surface area contributed by atoms with Crippen molar-refractivity contribution in [3.05, 3.63) is 24.3 Å². The molecule has 17 atom stereocenters. The fourth-order valence-electron chi connectivity index (χ4n) is 11.0. The van der Waals surface area contributed by atoms with Gasteiger partial charge in [-0.3, -0.25) is 4.79 Å². The Morgan fingerprint density at radius 2 is 0.778 bits per heavy atom. The summed E-state index contributed by atoms with van der Waals surface area (Å²) in [7, 11) is 0. The number of unbranched alkanes of at least 4 members (excludes halogenated alkanes) is 30. The maximum absolute atomic E-state index is 13.3. The van der Waals surface area contributed by atoms with Crippen LogP contribution < -0.4 is 5.32 Å². The maximum atomic E-state index is 13.3. The second-order valence-electron chi connectivity index (χ2n) is 23.2. The molecule has 0 aliphatic carbocycles. The van der Waals surface area contributed by atoms with Crippen molar-refractivity contribution >= 4 is 5.91 Å². The number of aliphatic hydroxyl groups excluding tert-OH is 11. The molecule has 19 nitrogen and oxygen atoms in total. The summed E-state index contributed by atoms with van der Waals surface area (Å²) in [6.07, 6.45) is 21.6. The van der Waals surface area contributed by atoms with Crippen LogP contribution in [-0.4, -0.2) is 193 Å². The Bertz CT molecular complexity index is 1580. The smallest absolute Gasteiger partial charge is 0.220 e. The van der Waals surface area contributed by atoms with Crippen molar-refractivity contribution in [2.24, 2.45) is 0 Å². The van der Waals surface area contributed by atoms with E-state index in [1.165, 1.54) is 161 Å². The van der Waals surface area contributed by atoms with Gasteiger partial charge in [0.1, 0.15) is 73.2 Å². The molecule has 3 saturated heterocycles. The predicted molar refractivity (Wildman–Crippen MR) is 310 cm³/mol. The SMILES string of the molecule is CCCCCCCC/C=C/CCCCCCCCCCCCCCCC(=O)NC(COC1OC(CO)C(OC2OC(CO)C(OC3OC(CO)C(O)C(O)C3O)C(O)C2O)C(O)C1O)C(O)/C=C/CCCCCCCCCCCCC. The predicted octanol–water partition coefficient (Wildman–Crippen LogP) is 6.71. The highest BCUT2D eigenvalue weighted by atomic mass is 16.8. The largest absolute Gasteiger partial charge is 0.394 e. The lowest BCUT2D eigenvalue weighted by Crippen LogP contribution is -2.66. The van der Waals surface area contributed by atoms with Gasteiger partial charge in [-0.25, -0.2) is 0 Å². The molecule has 0 saturated carbocycles. The molecule has 3 aliphatic heterocycles. The van der Waals surface area contributed by atoms with E-state index >= 15 is 0 Å². The fourth-order valence-corrected chi connectivity index (χ4v) is 11.0. The van der Waals surface area contributed by atoms with E-state index < -0.39 is 124 Å². The van der Waals surface area contributed by atoms with Crippen LogP contribution in [0.25, 0.3) is 0 Å². The van der Waals surface area contributed by atoms with Gasteiger partial charge >= 0.3 is 0 Å². The number of carbonyl (C=O) groups is 1. The van der Waals surface area contributed by atoms with Gasteiger partial charge in [-0.1, -0.05) is 205 Å². The van der Waals surface area contributed by atoms with E-state index in [1.54, 1.807) is 6.08 Å². The molecule has 3 fully saturated rings. The highest BCUT2D eigenvalue weighted by Crippen LogP contribution is 2.33. The minimum atomic E-state index is -1.98. The van der Waals surface area contributed by atoms with E-state index in [9.17, 15) is 61.0 Å². The van der Waals surface area contributed by atoms with Crippen molar-refractivity contribution in [2.45, 2.75) is 336 Å². The average molecular weight is 1160 g/mol. The molecule has 3 rings (SSSR count). The van der Waals surface area contributed by atoms with Gasteiger partial charge in [-0.15, -0.1) is 0 Å². The van der Waals surface area contributed by atoms with Crippen molar-refractivity contribution < 1.29 is 89.4 Å². The summed E-state index contributed by atoms with van der Waals surface area (Å²) in [6.45, 7) is 1.72. The number of rotatable bonds is 48. The van der Waals surface area contributed by atoms with Crippen molar-refractivity contribution in [3.8, 4) is 0 Å². The molecule has 19 heteroatoms. The van der Waals surface area contributed by atoms with Gasteiger partial charge in [-0.2, -0.15) is 0 Å². The first kappa shape index (κ1) is 73.5. The normalized spacial score (nSPS) is 29.9. The molecule has 12 N–H and O–H groups in total. The second kappa shape index (κ2) is 45.6. The first-order chi connectivity index (χ1) is 39.3. The quantitative estimate of drug-likeness (QED) is 0.0222. The molecule has 81 heavy (non-hydrogen) atoms. The fraction of sp³-hybridized carbons (Fsp3) is 0.919. The zero-order valence-electron chi connectivity index (χ0n) is 49.8. The van der Waals surface area contributed by atoms with Crippen molar-refractivity contribution in [3.63, 3.8) is 0 Å². The molecule has 0 radical (unpaired) electrons. The second-order valence-corrected chi connectivity index (χ2v) is 23.2. The van der Waals surface area contributed by atoms with Crippen LogP contribution in [0.15, 0.2) is 24.3 Å². The third kappa shape index (κ3) is 29.0. The highest BCUT2D eigenvalue weighted by molar-refractivity contribution is 5.76. The number of aliphatic hydroxyl groups is 11. The van der Waals surface area contributed by atoms with Gasteiger partial charge in [0.2, 0.25) is 5.91 Å². The molecule has 476 valence electrons. The van der Waals surface area contributed by atoms with Gasteiger partial charge < -0.3 is 89.9 Å². The summed E-state index contributed by atoms with van der Waals surface area (Å²) in [6, 6.07) is -0.969. The highest BCUT2D eigenvalue weighted by Gasteiger charge is 2.53. The number of hydrogen-bond donors (Lipinski definition) is 12. The lowest BCUT2D eigenvalue weighted by atomic mass is 9.96. The zero-order chi connectivity index (χ0) is 59.0. The van der Waals surface area contributed by atoms with Crippen LogP contribution in [0, 0.1) is 0 Å². The van der Waals surface area contributed by atoms with Crippen LogP contribution in [0.2, 0.25) is 0 Å². The number of amides is 1. The van der Waals surface area contributed by atoms with E-state index in [4.69, 9.17) is 28.4 Å². The van der Waals surface area contributed by atoms with Gasteiger partial charge in [0.05, 0.1) is 38.6 Å². The van der Waals surface area contributed by atoms with E-state index in [0.717, 1.165) is 44.9 Å². The lowest BCUT2D eigenvalue weighted by molar-refractivity contribution is -0.379. The molecule has 0 aromatic rings. The number of allylic oxidation sites excluding steroid dienone is 3. The molecular weight excluding hydrogens is 1050 g/mol. The van der Waals surface area contributed by atoms with Gasteiger partial charge in [0.15, 0.2) is 18.9 Å². The summed E-state index contributed by atoms with van der Waals surface area (Å²) in [4.78, 5) is 13.3. The van der Waals surface area contributed by atoms with Crippen LogP contribution >= 0.6 is 0 Å². The monoisotopic (exact) mass is 1160 g/mol. The summed E-state index contributed by atoms with van der Waals surface area (Å²) in [5.41, 5.74) is 0. The molecular formula is C62H115NO18. The van der Waals surface area contributed by atoms with E-state index in [-0.39, 0.29) is 18.9 Å². The Balaban J connectivity index is 1.45. The Kier molecular flexibility index (Phi) is 41.4. The average Bonchev–Trinajstić information content (AvgIpc) is 3.57. The molecule has 0 bridgehead atoms. The first-order valence-corrected chi connectivity index (χ1v) is 32.1. The van der Waals surface area contributed by atoms with Crippen LogP contribution in [0.3, 0.4) is 0 Å². The molecule has 3 heterocycles.